The van der Waals surface area contributed by atoms with Crippen LogP contribution in [0.25, 0.3) is 22.2 Å². The first-order chi connectivity index (χ1) is 10.8. The molecule has 112 valence electrons. The zero-order valence-electron chi connectivity index (χ0n) is 12.3. The van der Waals surface area contributed by atoms with Crippen molar-refractivity contribution in [2.75, 3.05) is 11.1 Å². The van der Waals surface area contributed by atoms with Crippen molar-refractivity contribution in [1.29, 1.82) is 0 Å². The first-order valence-electron chi connectivity index (χ1n) is 7.76. The van der Waals surface area contributed by atoms with Gasteiger partial charge in [0.05, 0.1) is 0 Å². The van der Waals surface area contributed by atoms with Crippen LogP contribution >= 0.6 is 0 Å². The van der Waals surface area contributed by atoms with E-state index >= 15 is 0 Å². The number of aromatic amines is 1. The molecule has 1 fully saturated rings. The van der Waals surface area contributed by atoms with Gasteiger partial charge >= 0.3 is 0 Å². The normalized spacial score (nSPS) is 15.5. The SMILES string of the molecule is Nc1ccc(-c2cc(NC3CCCC3)nc3[nH]ccc23)cn1. The molecule has 3 aromatic rings. The lowest BCUT2D eigenvalue weighted by Crippen LogP contribution is -2.15. The third-order valence-corrected chi connectivity index (χ3v) is 4.33. The Balaban J connectivity index is 1.78. The topological polar surface area (TPSA) is 79.6 Å². The standard InChI is InChI=1S/C17H19N5/c18-15-6-5-11(10-20-15)14-9-16(21-12-3-1-2-4-12)22-17-13(14)7-8-19-17/h5-10,12H,1-4H2,(H2,18,20)(H2,19,21,22). The molecule has 0 unspecified atom stereocenters. The van der Waals surface area contributed by atoms with Crippen LogP contribution in [0.3, 0.4) is 0 Å². The van der Waals surface area contributed by atoms with Crippen LogP contribution in [0.5, 0.6) is 0 Å². The predicted molar refractivity (Wildman–Crippen MR) is 89.6 cm³/mol. The number of anilines is 2. The van der Waals surface area contributed by atoms with Crippen molar-refractivity contribution in [3.05, 3.63) is 36.7 Å². The van der Waals surface area contributed by atoms with E-state index in [2.05, 4.69) is 21.4 Å². The average molecular weight is 293 g/mol. The largest absolute Gasteiger partial charge is 0.384 e. The third-order valence-electron chi connectivity index (χ3n) is 4.33. The molecule has 5 nitrogen and oxygen atoms in total. The Morgan fingerprint density at radius 2 is 2.05 bits per heavy atom. The highest BCUT2D eigenvalue weighted by Crippen LogP contribution is 2.31. The Morgan fingerprint density at radius 3 is 2.82 bits per heavy atom. The summed E-state index contributed by atoms with van der Waals surface area (Å²) in [6, 6.07) is 8.54. The summed E-state index contributed by atoms with van der Waals surface area (Å²) in [5.41, 5.74) is 8.77. The molecule has 1 saturated carbocycles. The molecule has 5 heteroatoms. The molecule has 0 atom stereocenters. The molecule has 0 aliphatic heterocycles. The van der Waals surface area contributed by atoms with Gasteiger partial charge in [-0.3, -0.25) is 0 Å². The number of hydrogen-bond acceptors (Lipinski definition) is 4. The van der Waals surface area contributed by atoms with Crippen LogP contribution in [0.2, 0.25) is 0 Å². The van der Waals surface area contributed by atoms with Gasteiger partial charge in [0.2, 0.25) is 0 Å². The Hall–Kier alpha value is -2.56. The number of nitrogen functional groups attached to an aromatic ring is 1. The summed E-state index contributed by atoms with van der Waals surface area (Å²) in [5.74, 6) is 1.46. The number of nitrogens with one attached hydrogen (secondary N) is 2. The number of nitrogens with zero attached hydrogens (tertiary/aromatic N) is 2. The predicted octanol–water partition coefficient (Wildman–Crippen LogP) is 3.56. The molecule has 0 spiro atoms. The van der Waals surface area contributed by atoms with Gasteiger partial charge in [-0.05, 0) is 42.7 Å². The van der Waals surface area contributed by atoms with Gasteiger partial charge in [0.25, 0.3) is 0 Å². The highest BCUT2D eigenvalue weighted by molar-refractivity contribution is 5.94. The molecule has 0 bridgehead atoms. The summed E-state index contributed by atoms with van der Waals surface area (Å²) in [5, 5.41) is 4.67. The van der Waals surface area contributed by atoms with Crippen molar-refractivity contribution in [3.63, 3.8) is 0 Å². The van der Waals surface area contributed by atoms with Crippen LogP contribution in [-0.4, -0.2) is 21.0 Å². The zero-order chi connectivity index (χ0) is 14.9. The lowest BCUT2D eigenvalue weighted by molar-refractivity contribution is 0.751. The Kier molecular flexibility index (Phi) is 3.18. The van der Waals surface area contributed by atoms with Crippen LogP contribution in [0.4, 0.5) is 11.6 Å². The highest BCUT2D eigenvalue weighted by atomic mass is 15.0. The lowest BCUT2D eigenvalue weighted by Gasteiger charge is -2.14. The molecule has 1 aliphatic carbocycles. The fourth-order valence-corrected chi connectivity index (χ4v) is 3.19. The lowest BCUT2D eigenvalue weighted by atomic mass is 10.1. The number of fused-ring (bicyclic) bond motifs is 1. The van der Waals surface area contributed by atoms with Gasteiger partial charge in [0, 0.05) is 29.4 Å². The quantitative estimate of drug-likeness (QED) is 0.690. The Labute approximate surface area is 129 Å². The van der Waals surface area contributed by atoms with E-state index in [1.165, 1.54) is 25.7 Å². The van der Waals surface area contributed by atoms with Gasteiger partial charge in [-0.25, -0.2) is 9.97 Å². The molecule has 0 saturated heterocycles. The third kappa shape index (κ3) is 2.39. The van der Waals surface area contributed by atoms with E-state index in [9.17, 15) is 0 Å². The Morgan fingerprint density at radius 1 is 1.18 bits per heavy atom. The van der Waals surface area contributed by atoms with E-state index in [1.54, 1.807) is 0 Å². The van der Waals surface area contributed by atoms with Crippen molar-refractivity contribution >= 4 is 22.7 Å². The second-order valence-electron chi connectivity index (χ2n) is 5.89. The molecule has 1 aliphatic rings. The average Bonchev–Trinajstić information content (AvgIpc) is 3.18. The summed E-state index contributed by atoms with van der Waals surface area (Å²) in [7, 11) is 0. The smallest absolute Gasteiger partial charge is 0.140 e. The number of nitrogens with two attached hydrogens (primary N) is 1. The fraction of sp³-hybridized carbons (Fsp3) is 0.294. The minimum Gasteiger partial charge on any atom is -0.384 e. The fourth-order valence-electron chi connectivity index (χ4n) is 3.19. The molecule has 3 heterocycles. The van der Waals surface area contributed by atoms with Crippen LogP contribution in [0.15, 0.2) is 36.7 Å². The molecule has 0 radical (unpaired) electrons. The first-order valence-corrected chi connectivity index (χ1v) is 7.76. The molecular weight excluding hydrogens is 274 g/mol. The summed E-state index contributed by atoms with van der Waals surface area (Å²) >= 11 is 0. The van der Waals surface area contributed by atoms with Gasteiger partial charge < -0.3 is 16.0 Å². The van der Waals surface area contributed by atoms with E-state index in [4.69, 9.17) is 10.7 Å². The maximum atomic E-state index is 5.69. The zero-order valence-corrected chi connectivity index (χ0v) is 12.3. The molecule has 0 amide bonds. The van der Waals surface area contributed by atoms with E-state index in [1.807, 2.05) is 30.6 Å². The second-order valence-corrected chi connectivity index (χ2v) is 5.89. The minimum atomic E-state index is 0.535. The second kappa shape index (κ2) is 5.33. The van der Waals surface area contributed by atoms with Crippen molar-refractivity contribution in [2.24, 2.45) is 0 Å². The number of H-pyrrole nitrogens is 1. The van der Waals surface area contributed by atoms with Gasteiger partial charge in [0.15, 0.2) is 0 Å². The van der Waals surface area contributed by atoms with Crippen molar-refractivity contribution in [3.8, 4) is 11.1 Å². The summed E-state index contributed by atoms with van der Waals surface area (Å²) < 4.78 is 0. The van der Waals surface area contributed by atoms with E-state index in [0.717, 1.165) is 28.0 Å². The number of hydrogen-bond donors (Lipinski definition) is 3. The molecule has 4 N–H and O–H groups in total. The molecule has 0 aromatic carbocycles. The molecular formula is C17H19N5. The van der Waals surface area contributed by atoms with Crippen molar-refractivity contribution in [2.45, 2.75) is 31.7 Å². The highest BCUT2D eigenvalue weighted by Gasteiger charge is 2.16. The van der Waals surface area contributed by atoms with Gasteiger partial charge in [-0.1, -0.05) is 12.8 Å². The maximum absolute atomic E-state index is 5.69. The first kappa shape index (κ1) is 13.1. The number of rotatable bonds is 3. The summed E-state index contributed by atoms with van der Waals surface area (Å²) in [6.07, 6.45) is 8.79. The van der Waals surface area contributed by atoms with Crippen LogP contribution in [0.1, 0.15) is 25.7 Å². The minimum absolute atomic E-state index is 0.535. The molecule has 22 heavy (non-hydrogen) atoms. The molecule has 4 rings (SSSR count). The number of pyridine rings is 2. The van der Waals surface area contributed by atoms with E-state index in [-0.39, 0.29) is 0 Å². The van der Waals surface area contributed by atoms with Gasteiger partial charge in [0.1, 0.15) is 17.3 Å². The van der Waals surface area contributed by atoms with E-state index < -0.39 is 0 Å². The monoisotopic (exact) mass is 293 g/mol. The van der Waals surface area contributed by atoms with E-state index in [0.29, 0.717) is 11.9 Å². The molecule has 3 aromatic heterocycles. The maximum Gasteiger partial charge on any atom is 0.140 e. The van der Waals surface area contributed by atoms with Crippen LogP contribution in [-0.2, 0) is 0 Å². The Bertz CT molecular complexity index is 784. The summed E-state index contributed by atoms with van der Waals surface area (Å²) in [4.78, 5) is 12.1. The van der Waals surface area contributed by atoms with Crippen LogP contribution < -0.4 is 11.1 Å². The summed E-state index contributed by atoms with van der Waals surface area (Å²) in [6.45, 7) is 0. The van der Waals surface area contributed by atoms with Crippen LogP contribution in [0, 0.1) is 0 Å². The van der Waals surface area contributed by atoms with Crippen molar-refractivity contribution < 1.29 is 0 Å². The van der Waals surface area contributed by atoms with Gasteiger partial charge in [-0.2, -0.15) is 0 Å². The van der Waals surface area contributed by atoms with Crippen molar-refractivity contribution in [1.82, 2.24) is 15.0 Å². The van der Waals surface area contributed by atoms with Gasteiger partial charge in [-0.15, -0.1) is 0 Å². The number of aromatic nitrogens is 3.